The van der Waals surface area contributed by atoms with Gasteiger partial charge in [-0.15, -0.1) is 0 Å². The predicted octanol–water partition coefficient (Wildman–Crippen LogP) is 1.62. The lowest BCUT2D eigenvalue weighted by Gasteiger charge is -2.13. The number of aryl methyl sites for hydroxylation is 1. The highest BCUT2D eigenvalue weighted by Crippen LogP contribution is 2.16. The topological polar surface area (TPSA) is 64.8 Å². The van der Waals surface area contributed by atoms with E-state index < -0.39 is 5.82 Å². The summed E-state index contributed by atoms with van der Waals surface area (Å²) < 4.78 is 20.4. The number of amides is 1. The summed E-state index contributed by atoms with van der Waals surface area (Å²) in [6, 6.07) is 7.65. The maximum absolute atomic E-state index is 13.2. The number of quaternary nitrogens is 1. The quantitative estimate of drug-likeness (QED) is 0.479. The molecule has 2 aromatic rings. The minimum atomic E-state index is -0.408. The van der Waals surface area contributed by atoms with Gasteiger partial charge in [0.05, 0.1) is 7.05 Å². The van der Waals surface area contributed by atoms with Crippen LogP contribution < -0.4 is 10.2 Å². The molecule has 6 nitrogen and oxygen atoms in total. The molecule has 0 aliphatic heterocycles. The molecule has 152 valence electrons. The normalized spacial score (nSPS) is 12.0. The molecule has 1 aromatic carbocycles. The van der Waals surface area contributed by atoms with Crippen LogP contribution in [0.2, 0.25) is 0 Å². The Morgan fingerprint density at radius 3 is 2.64 bits per heavy atom. The van der Waals surface area contributed by atoms with Crippen LogP contribution in [-0.4, -0.2) is 50.1 Å². The molecular weight excluding hydrogens is 361 g/mol. The number of carbonyl (C=O) groups excluding carboxylic acids is 2. The highest BCUT2D eigenvalue weighted by atomic mass is 19.1. The van der Waals surface area contributed by atoms with E-state index in [4.69, 9.17) is 4.74 Å². The van der Waals surface area contributed by atoms with Crippen molar-refractivity contribution in [1.29, 1.82) is 0 Å². The summed E-state index contributed by atoms with van der Waals surface area (Å²) >= 11 is 0. The summed E-state index contributed by atoms with van der Waals surface area (Å²) in [6.45, 7) is 5.73. The van der Waals surface area contributed by atoms with Crippen molar-refractivity contribution >= 4 is 17.4 Å². The number of halogens is 1. The number of ether oxygens (including phenoxy) is 1. The van der Waals surface area contributed by atoms with Crippen LogP contribution in [0, 0.1) is 19.7 Å². The molecule has 1 amide bonds. The molecule has 0 aliphatic rings. The smallest absolute Gasteiger partial charge is 0.279 e. The fourth-order valence-electron chi connectivity index (χ4n) is 3.27. The van der Waals surface area contributed by atoms with E-state index in [-0.39, 0.29) is 24.8 Å². The van der Waals surface area contributed by atoms with Gasteiger partial charge >= 0.3 is 0 Å². The maximum atomic E-state index is 13.2. The fraction of sp³-hybridized carbons (Fsp3) is 0.429. The number of likely N-dealkylation sites (N-methyl/N-ethyl adjacent to an activating group) is 1. The van der Waals surface area contributed by atoms with Crippen LogP contribution in [-0.2, 0) is 16.1 Å². The molecule has 0 aliphatic carbocycles. The van der Waals surface area contributed by atoms with Gasteiger partial charge in [-0.3, -0.25) is 9.59 Å². The van der Waals surface area contributed by atoms with Gasteiger partial charge in [-0.1, -0.05) is 6.07 Å². The lowest BCUT2D eigenvalue weighted by molar-refractivity contribution is -0.861. The number of nitrogens with zero attached hydrogens (tertiary/aromatic N) is 1. The number of rotatable bonds is 10. The van der Waals surface area contributed by atoms with Crippen molar-refractivity contribution in [3.05, 3.63) is 53.1 Å². The molecule has 1 unspecified atom stereocenters. The van der Waals surface area contributed by atoms with Crippen LogP contribution in [0.4, 0.5) is 10.1 Å². The Morgan fingerprint density at radius 1 is 1.21 bits per heavy atom. The SMILES string of the molecule is COCCCn1c(C)cc(C(=O)C[NH+](C)CC(=O)Nc2cccc(F)c2)c1C. The van der Waals surface area contributed by atoms with E-state index in [9.17, 15) is 14.0 Å². The zero-order valence-electron chi connectivity index (χ0n) is 17.0. The van der Waals surface area contributed by atoms with Crippen molar-refractivity contribution in [1.82, 2.24) is 4.57 Å². The van der Waals surface area contributed by atoms with Crippen LogP contribution in [0.15, 0.2) is 30.3 Å². The molecule has 1 heterocycles. The largest absolute Gasteiger partial charge is 0.385 e. The highest BCUT2D eigenvalue weighted by molar-refractivity contribution is 5.98. The van der Waals surface area contributed by atoms with E-state index in [2.05, 4.69) is 9.88 Å². The first-order chi connectivity index (χ1) is 13.3. The Labute approximate surface area is 165 Å². The average molecular weight is 390 g/mol. The number of hydrogen-bond donors (Lipinski definition) is 2. The van der Waals surface area contributed by atoms with Crippen LogP contribution in [0.25, 0.3) is 0 Å². The number of Topliss-reactive ketones (excluding diaryl/α,β-unsaturated/α-hetero) is 1. The Bertz CT molecular complexity index is 832. The summed E-state index contributed by atoms with van der Waals surface area (Å²) in [5, 5.41) is 2.65. The number of ketones is 1. The monoisotopic (exact) mass is 390 g/mol. The third-order valence-electron chi connectivity index (χ3n) is 4.64. The zero-order chi connectivity index (χ0) is 20.7. The predicted molar refractivity (Wildman–Crippen MR) is 106 cm³/mol. The van der Waals surface area contributed by atoms with Gasteiger partial charge in [-0.25, -0.2) is 4.39 Å². The van der Waals surface area contributed by atoms with Crippen LogP contribution in [0.5, 0.6) is 0 Å². The summed E-state index contributed by atoms with van der Waals surface area (Å²) in [5.74, 6) is -0.669. The van der Waals surface area contributed by atoms with Gasteiger partial charge in [0, 0.05) is 42.9 Å². The van der Waals surface area contributed by atoms with Gasteiger partial charge in [0.25, 0.3) is 5.91 Å². The van der Waals surface area contributed by atoms with Crippen molar-refractivity contribution in [3.63, 3.8) is 0 Å². The number of benzene rings is 1. The van der Waals surface area contributed by atoms with Crippen molar-refractivity contribution in [3.8, 4) is 0 Å². The minimum Gasteiger partial charge on any atom is -0.385 e. The number of methoxy groups -OCH3 is 1. The molecular formula is C21H29FN3O3+. The molecule has 0 fully saturated rings. The van der Waals surface area contributed by atoms with Gasteiger partial charge in [-0.2, -0.15) is 0 Å². The second-order valence-electron chi connectivity index (χ2n) is 7.08. The van der Waals surface area contributed by atoms with E-state index in [0.29, 0.717) is 17.9 Å². The summed E-state index contributed by atoms with van der Waals surface area (Å²) in [4.78, 5) is 25.6. The lowest BCUT2D eigenvalue weighted by Crippen LogP contribution is -3.11. The van der Waals surface area contributed by atoms with E-state index in [0.717, 1.165) is 29.3 Å². The maximum Gasteiger partial charge on any atom is 0.279 e. The summed E-state index contributed by atoms with van der Waals surface area (Å²) in [7, 11) is 3.47. The van der Waals surface area contributed by atoms with Crippen LogP contribution >= 0.6 is 0 Å². The van der Waals surface area contributed by atoms with E-state index >= 15 is 0 Å². The molecule has 2 N–H and O–H groups in total. The molecule has 0 saturated carbocycles. The second-order valence-corrected chi connectivity index (χ2v) is 7.08. The molecule has 0 bridgehead atoms. The van der Waals surface area contributed by atoms with E-state index in [1.165, 1.54) is 18.2 Å². The van der Waals surface area contributed by atoms with Gasteiger partial charge in [0.1, 0.15) is 12.4 Å². The highest BCUT2D eigenvalue weighted by Gasteiger charge is 2.20. The molecule has 2 rings (SSSR count). The van der Waals surface area contributed by atoms with Crippen LogP contribution in [0.1, 0.15) is 28.2 Å². The first-order valence-corrected chi connectivity index (χ1v) is 9.37. The molecule has 1 atom stereocenters. The minimum absolute atomic E-state index is 0.00199. The molecule has 0 radical (unpaired) electrons. The Balaban J connectivity index is 1.93. The molecule has 7 heteroatoms. The summed E-state index contributed by atoms with van der Waals surface area (Å²) in [6.07, 6.45) is 0.881. The molecule has 0 saturated heterocycles. The van der Waals surface area contributed by atoms with Gasteiger partial charge in [0.15, 0.2) is 6.54 Å². The number of hydrogen-bond acceptors (Lipinski definition) is 3. The number of aromatic nitrogens is 1. The number of nitrogens with one attached hydrogen (secondary N) is 2. The molecule has 1 aromatic heterocycles. The summed E-state index contributed by atoms with van der Waals surface area (Å²) in [5.41, 5.74) is 3.08. The lowest BCUT2D eigenvalue weighted by atomic mass is 10.1. The van der Waals surface area contributed by atoms with Crippen molar-refractivity contribution in [2.24, 2.45) is 0 Å². The average Bonchev–Trinajstić information content (AvgIpc) is 2.89. The fourth-order valence-corrected chi connectivity index (χ4v) is 3.27. The Hall–Kier alpha value is -2.51. The van der Waals surface area contributed by atoms with Crippen molar-refractivity contribution < 1.29 is 23.6 Å². The first-order valence-electron chi connectivity index (χ1n) is 9.37. The van der Waals surface area contributed by atoms with Crippen LogP contribution in [0.3, 0.4) is 0 Å². The van der Waals surface area contributed by atoms with E-state index in [1.54, 1.807) is 20.2 Å². The number of anilines is 1. The molecule has 0 spiro atoms. The van der Waals surface area contributed by atoms with Crippen molar-refractivity contribution in [2.45, 2.75) is 26.8 Å². The standard InChI is InChI=1S/C21H28FN3O3/c1-15-11-19(16(2)25(15)9-6-10-28-4)20(26)13-24(3)14-21(27)23-18-8-5-7-17(22)12-18/h5,7-8,11-12H,6,9-10,13-14H2,1-4H3,(H,23,27)/p+1. The third-order valence-corrected chi connectivity index (χ3v) is 4.64. The molecule has 28 heavy (non-hydrogen) atoms. The van der Waals surface area contributed by atoms with Gasteiger partial charge in [0.2, 0.25) is 5.78 Å². The Morgan fingerprint density at radius 2 is 1.96 bits per heavy atom. The number of carbonyl (C=O) groups is 2. The van der Waals surface area contributed by atoms with Gasteiger partial charge in [-0.05, 0) is 44.5 Å². The van der Waals surface area contributed by atoms with E-state index in [1.807, 2.05) is 19.9 Å². The third kappa shape index (κ3) is 6.00. The zero-order valence-corrected chi connectivity index (χ0v) is 17.0. The Kier molecular flexibility index (Phi) is 7.90. The first kappa shape index (κ1) is 21.8. The van der Waals surface area contributed by atoms with Gasteiger partial charge < -0.3 is 19.5 Å². The van der Waals surface area contributed by atoms with Crippen molar-refractivity contribution in [2.75, 3.05) is 39.2 Å². The second kappa shape index (κ2) is 10.1.